The molecule has 2 atom stereocenters. The van der Waals surface area contributed by atoms with Gasteiger partial charge in [-0.25, -0.2) is 4.79 Å². The normalized spacial score (nSPS) is 18.3. The summed E-state index contributed by atoms with van der Waals surface area (Å²) in [5.41, 5.74) is 1.22. The minimum Gasteiger partial charge on any atom is -0.334 e. The largest absolute Gasteiger partial charge is 0.334 e. The maximum absolute atomic E-state index is 12.2. The second-order valence-electron chi connectivity index (χ2n) is 5.47. The monoisotopic (exact) mass is 316 g/mol. The lowest BCUT2D eigenvalue weighted by Gasteiger charge is -2.26. The van der Waals surface area contributed by atoms with E-state index in [1.807, 2.05) is 47.8 Å². The van der Waals surface area contributed by atoms with Crippen LogP contribution in [0.25, 0.3) is 0 Å². The van der Waals surface area contributed by atoms with Crippen LogP contribution in [0.1, 0.15) is 24.9 Å². The molecule has 0 radical (unpaired) electrons. The van der Waals surface area contributed by atoms with Gasteiger partial charge in [0.2, 0.25) is 0 Å². The van der Waals surface area contributed by atoms with Crippen molar-refractivity contribution >= 4 is 17.8 Å². The first-order valence-electron chi connectivity index (χ1n) is 7.48. The lowest BCUT2D eigenvalue weighted by Crippen LogP contribution is -2.44. The number of rotatable bonds is 4. The van der Waals surface area contributed by atoms with Gasteiger partial charge in [0.25, 0.3) is 0 Å². The number of aromatic nitrogens is 2. The van der Waals surface area contributed by atoms with E-state index in [2.05, 4.69) is 27.9 Å². The molecule has 1 aliphatic heterocycles. The van der Waals surface area contributed by atoms with Crippen LogP contribution in [0, 0.1) is 0 Å². The summed E-state index contributed by atoms with van der Waals surface area (Å²) >= 11 is 1.85. The van der Waals surface area contributed by atoms with E-state index in [9.17, 15) is 4.79 Å². The summed E-state index contributed by atoms with van der Waals surface area (Å²) in [6.07, 6.45) is 4.59. The molecule has 6 heteroatoms. The molecule has 2 amide bonds. The number of nitrogens with one attached hydrogen (secondary N) is 2. The first-order chi connectivity index (χ1) is 10.7. The molecule has 0 fully saturated rings. The second kappa shape index (κ2) is 6.87. The predicted octanol–water partition coefficient (Wildman–Crippen LogP) is 2.81. The lowest BCUT2D eigenvalue weighted by atomic mass is 10.0. The number of thioether (sulfide) groups is 1. The van der Waals surface area contributed by atoms with Crippen molar-refractivity contribution < 1.29 is 4.79 Å². The number of hydrogen-bond donors (Lipinski definition) is 2. The molecule has 22 heavy (non-hydrogen) atoms. The summed E-state index contributed by atoms with van der Waals surface area (Å²) in [4.78, 5) is 13.5. The van der Waals surface area contributed by atoms with Gasteiger partial charge in [-0.15, -0.1) is 11.8 Å². The molecule has 0 aliphatic carbocycles. The summed E-state index contributed by atoms with van der Waals surface area (Å²) in [5.74, 6) is 1.03. The number of carbonyl (C=O) groups excluding carboxylic acids is 1. The Kier molecular flexibility index (Phi) is 4.68. The van der Waals surface area contributed by atoms with Crippen LogP contribution in [-0.4, -0.2) is 27.6 Å². The van der Waals surface area contributed by atoms with Gasteiger partial charge in [-0.2, -0.15) is 5.10 Å². The number of nitrogens with zero attached hydrogens (tertiary/aromatic N) is 2. The average molecular weight is 316 g/mol. The molecule has 0 saturated heterocycles. The minimum absolute atomic E-state index is 0.0214. The van der Waals surface area contributed by atoms with Crippen LogP contribution in [-0.2, 0) is 6.54 Å². The van der Waals surface area contributed by atoms with Crippen molar-refractivity contribution in [2.75, 3.05) is 5.75 Å². The van der Waals surface area contributed by atoms with Crippen molar-refractivity contribution in [1.82, 2.24) is 20.4 Å². The van der Waals surface area contributed by atoms with E-state index < -0.39 is 0 Å². The standard InChI is InChI=1S/C16H20N4OS/c1-12(11-20-9-4-8-17-20)18-16(21)19-14-7-10-22-15-6-3-2-5-13(14)15/h2-6,8-9,12,14H,7,10-11H2,1H3,(H2,18,19,21)/t12-,14+/m0/s1. The van der Waals surface area contributed by atoms with Crippen molar-refractivity contribution in [1.29, 1.82) is 0 Å². The van der Waals surface area contributed by atoms with E-state index in [1.165, 1.54) is 10.5 Å². The van der Waals surface area contributed by atoms with Gasteiger partial charge in [-0.1, -0.05) is 18.2 Å². The zero-order chi connectivity index (χ0) is 15.4. The van der Waals surface area contributed by atoms with Crippen LogP contribution in [0.2, 0.25) is 0 Å². The van der Waals surface area contributed by atoms with E-state index in [0.29, 0.717) is 6.54 Å². The Balaban J connectivity index is 1.56. The fraction of sp³-hybridized carbons (Fsp3) is 0.375. The highest BCUT2D eigenvalue weighted by molar-refractivity contribution is 7.99. The molecule has 0 bridgehead atoms. The molecule has 0 saturated carbocycles. The van der Waals surface area contributed by atoms with Gasteiger partial charge in [0.1, 0.15) is 0 Å². The molecule has 0 spiro atoms. The SMILES string of the molecule is C[C@@H](Cn1cccn1)NC(=O)N[C@@H]1CCSc2ccccc21. The Hall–Kier alpha value is -1.95. The molecule has 2 heterocycles. The molecule has 2 aromatic rings. The predicted molar refractivity (Wildman–Crippen MR) is 87.9 cm³/mol. The maximum atomic E-state index is 12.2. The Bertz CT molecular complexity index is 629. The van der Waals surface area contributed by atoms with Crippen LogP contribution in [0.4, 0.5) is 4.79 Å². The fourth-order valence-electron chi connectivity index (χ4n) is 2.65. The third-order valence-electron chi connectivity index (χ3n) is 3.66. The van der Waals surface area contributed by atoms with E-state index in [-0.39, 0.29) is 18.1 Å². The van der Waals surface area contributed by atoms with Gasteiger partial charge in [-0.3, -0.25) is 4.68 Å². The van der Waals surface area contributed by atoms with E-state index in [4.69, 9.17) is 0 Å². The molecule has 1 aromatic carbocycles. The molecular weight excluding hydrogens is 296 g/mol. The van der Waals surface area contributed by atoms with Crippen molar-refractivity contribution in [2.24, 2.45) is 0 Å². The lowest BCUT2D eigenvalue weighted by molar-refractivity contribution is 0.231. The molecular formula is C16H20N4OS. The minimum atomic E-state index is -0.119. The smallest absolute Gasteiger partial charge is 0.315 e. The molecule has 0 unspecified atom stereocenters. The quantitative estimate of drug-likeness (QED) is 0.912. The van der Waals surface area contributed by atoms with Crippen molar-refractivity contribution in [3.63, 3.8) is 0 Å². The van der Waals surface area contributed by atoms with Gasteiger partial charge in [0.15, 0.2) is 0 Å². The highest BCUT2D eigenvalue weighted by Crippen LogP contribution is 2.35. The summed E-state index contributed by atoms with van der Waals surface area (Å²) in [6.45, 7) is 2.64. The van der Waals surface area contributed by atoms with Gasteiger partial charge < -0.3 is 10.6 Å². The Morgan fingerprint density at radius 1 is 1.45 bits per heavy atom. The summed E-state index contributed by atoms with van der Waals surface area (Å²) in [7, 11) is 0. The third kappa shape index (κ3) is 3.62. The van der Waals surface area contributed by atoms with Crippen LogP contribution < -0.4 is 10.6 Å². The number of carbonyl (C=O) groups is 1. The third-order valence-corrected chi connectivity index (χ3v) is 4.78. The van der Waals surface area contributed by atoms with Crippen molar-refractivity contribution in [3.8, 4) is 0 Å². The summed E-state index contributed by atoms with van der Waals surface area (Å²) in [6, 6.07) is 10.2. The fourth-order valence-corrected chi connectivity index (χ4v) is 3.78. The number of fused-ring (bicyclic) bond motifs is 1. The number of benzene rings is 1. The number of urea groups is 1. The van der Waals surface area contributed by atoms with E-state index >= 15 is 0 Å². The first kappa shape index (κ1) is 15.0. The topological polar surface area (TPSA) is 59.0 Å². The zero-order valence-electron chi connectivity index (χ0n) is 12.5. The molecule has 1 aliphatic rings. The summed E-state index contributed by atoms with van der Waals surface area (Å²) < 4.78 is 1.82. The molecule has 5 nitrogen and oxygen atoms in total. The van der Waals surface area contributed by atoms with Crippen molar-refractivity contribution in [3.05, 3.63) is 48.3 Å². The van der Waals surface area contributed by atoms with E-state index in [1.54, 1.807) is 6.20 Å². The summed E-state index contributed by atoms with van der Waals surface area (Å²) in [5, 5.41) is 10.2. The van der Waals surface area contributed by atoms with Gasteiger partial charge in [0.05, 0.1) is 12.6 Å². The molecule has 1 aromatic heterocycles. The van der Waals surface area contributed by atoms with Gasteiger partial charge in [-0.05, 0) is 31.0 Å². The van der Waals surface area contributed by atoms with E-state index in [0.717, 1.165) is 12.2 Å². The maximum Gasteiger partial charge on any atom is 0.315 e. The molecule has 2 N–H and O–H groups in total. The Labute approximate surface area is 134 Å². The highest BCUT2D eigenvalue weighted by atomic mass is 32.2. The second-order valence-corrected chi connectivity index (χ2v) is 6.61. The first-order valence-corrected chi connectivity index (χ1v) is 8.47. The number of hydrogen-bond acceptors (Lipinski definition) is 3. The van der Waals surface area contributed by atoms with Crippen LogP contribution in [0.5, 0.6) is 0 Å². The van der Waals surface area contributed by atoms with Crippen molar-refractivity contribution in [2.45, 2.75) is 36.9 Å². The van der Waals surface area contributed by atoms with Gasteiger partial charge >= 0.3 is 6.03 Å². The average Bonchev–Trinajstić information content (AvgIpc) is 3.00. The van der Waals surface area contributed by atoms with Crippen LogP contribution in [0.3, 0.4) is 0 Å². The van der Waals surface area contributed by atoms with Gasteiger partial charge in [0, 0.05) is 29.1 Å². The molecule has 3 rings (SSSR count). The number of amides is 2. The van der Waals surface area contributed by atoms with Crippen LogP contribution >= 0.6 is 11.8 Å². The van der Waals surface area contributed by atoms with Crippen LogP contribution in [0.15, 0.2) is 47.6 Å². The zero-order valence-corrected chi connectivity index (χ0v) is 13.3. The Morgan fingerprint density at radius 3 is 3.14 bits per heavy atom. The molecule has 116 valence electrons. The highest BCUT2D eigenvalue weighted by Gasteiger charge is 2.22. The Morgan fingerprint density at radius 2 is 2.32 bits per heavy atom.